The summed E-state index contributed by atoms with van der Waals surface area (Å²) in [6, 6.07) is 14.0. The number of rotatable bonds is 6. The number of ether oxygens (including phenoxy) is 1. The molecule has 0 bridgehead atoms. The summed E-state index contributed by atoms with van der Waals surface area (Å²) in [5.41, 5.74) is 7.18. The number of fused-ring (bicyclic) bond motifs is 6. The lowest BCUT2D eigenvalue weighted by atomic mass is 9.99. The molecule has 0 aliphatic carbocycles. The van der Waals surface area contributed by atoms with Gasteiger partial charge in [-0.05, 0) is 97.7 Å². The molecule has 2 aliphatic heterocycles. The van der Waals surface area contributed by atoms with Gasteiger partial charge in [0, 0.05) is 42.1 Å². The average Bonchev–Trinajstić information content (AvgIpc) is 3.84. The van der Waals surface area contributed by atoms with Crippen molar-refractivity contribution < 1.29 is 19.4 Å². The fourth-order valence-electron chi connectivity index (χ4n) is 6.97. The van der Waals surface area contributed by atoms with Crippen LogP contribution in [0.1, 0.15) is 112 Å². The second-order valence-electron chi connectivity index (χ2n) is 15.2. The van der Waals surface area contributed by atoms with Crippen LogP contribution in [0.15, 0.2) is 58.5 Å². The van der Waals surface area contributed by atoms with E-state index < -0.39 is 23.7 Å². The Hall–Kier alpha value is -5.02. The van der Waals surface area contributed by atoms with Gasteiger partial charge in [0.15, 0.2) is 11.6 Å². The number of hydrogen-bond acceptors (Lipinski definition) is 11. The quantitative estimate of drug-likeness (QED) is 0.163. The normalized spacial score (nSPS) is 15.7. The molecule has 0 spiro atoms. The monoisotopic (exact) mass is 856 g/mol. The van der Waals surface area contributed by atoms with Crippen LogP contribution in [0.2, 0.25) is 10.0 Å². The highest BCUT2D eigenvalue weighted by Crippen LogP contribution is 2.41. The Morgan fingerprint density at radius 1 is 0.672 bits per heavy atom. The van der Waals surface area contributed by atoms with Crippen LogP contribution in [0.5, 0.6) is 0 Å². The van der Waals surface area contributed by atoms with Gasteiger partial charge in [0.1, 0.15) is 39.3 Å². The lowest BCUT2D eigenvalue weighted by Gasteiger charge is -2.21. The van der Waals surface area contributed by atoms with E-state index in [2.05, 4.69) is 48.1 Å². The van der Waals surface area contributed by atoms with Gasteiger partial charge in [-0.1, -0.05) is 47.5 Å². The summed E-state index contributed by atoms with van der Waals surface area (Å²) in [6.45, 7) is 17.7. The first kappa shape index (κ1) is 41.2. The number of aliphatic carboxylic acids is 1. The van der Waals surface area contributed by atoms with Gasteiger partial charge in [-0.25, -0.2) is 0 Å². The molecule has 2 atom stereocenters. The lowest BCUT2D eigenvalue weighted by Crippen LogP contribution is -2.25. The highest BCUT2D eigenvalue weighted by molar-refractivity contribution is 7.15. The number of carbonyl (C=O) groups is 2. The number of carbonyl (C=O) groups excluding carboxylic acids is 1. The molecule has 0 radical (unpaired) electrons. The van der Waals surface area contributed by atoms with E-state index in [-0.39, 0.29) is 18.8 Å². The van der Waals surface area contributed by atoms with Crippen LogP contribution in [0, 0.1) is 41.5 Å². The first-order chi connectivity index (χ1) is 27.4. The topological polar surface area (TPSA) is 150 Å². The maximum atomic E-state index is 12.7. The van der Waals surface area contributed by atoms with E-state index in [1.165, 1.54) is 9.75 Å². The maximum Gasteiger partial charge on any atom is 0.308 e. The van der Waals surface area contributed by atoms with E-state index in [1.807, 2.05) is 92.3 Å². The summed E-state index contributed by atoms with van der Waals surface area (Å²) in [6.07, 6.45) is -0.0678. The van der Waals surface area contributed by atoms with Crippen molar-refractivity contribution in [3.8, 4) is 10.0 Å². The van der Waals surface area contributed by atoms with Crippen molar-refractivity contribution in [1.82, 2.24) is 29.5 Å². The fourth-order valence-corrected chi connectivity index (χ4v) is 9.65. The zero-order valence-corrected chi connectivity index (χ0v) is 36.7. The van der Waals surface area contributed by atoms with Gasteiger partial charge >= 0.3 is 11.9 Å². The second-order valence-corrected chi connectivity index (χ2v) is 18.5. The highest BCUT2D eigenvalue weighted by Gasteiger charge is 2.34. The van der Waals surface area contributed by atoms with E-state index in [0.29, 0.717) is 21.7 Å². The van der Waals surface area contributed by atoms with Crippen molar-refractivity contribution in [3.63, 3.8) is 0 Å². The van der Waals surface area contributed by atoms with Crippen molar-refractivity contribution >= 4 is 69.2 Å². The Morgan fingerprint density at radius 2 is 1.07 bits per heavy atom. The molecule has 6 heterocycles. The van der Waals surface area contributed by atoms with Crippen LogP contribution in [0.4, 0.5) is 0 Å². The zero-order valence-electron chi connectivity index (χ0n) is 33.5. The molecule has 1 N–H and O–H groups in total. The van der Waals surface area contributed by atoms with Gasteiger partial charge in [0.25, 0.3) is 0 Å². The molecule has 6 aromatic rings. The first-order valence-electron chi connectivity index (χ1n) is 18.6. The van der Waals surface area contributed by atoms with Gasteiger partial charge in [0.2, 0.25) is 0 Å². The molecular weight excluding hydrogens is 816 g/mol. The van der Waals surface area contributed by atoms with Crippen molar-refractivity contribution in [2.24, 2.45) is 9.98 Å². The molecule has 12 nitrogen and oxygen atoms in total. The van der Waals surface area contributed by atoms with E-state index in [1.54, 1.807) is 22.7 Å². The maximum absolute atomic E-state index is 12.7. The number of carboxylic acid groups (broad SMARTS) is 1. The molecule has 0 fully saturated rings. The Bertz CT molecular complexity index is 2630. The van der Waals surface area contributed by atoms with E-state index >= 15 is 0 Å². The Kier molecular flexibility index (Phi) is 11.3. The Morgan fingerprint density at radius 3 is 1.45 bits per heavy atom. The number of halogens is 2. The number of benzene rings is 2. The standard InChI is InChI=1S/C23H25ClN4O2S.C19H17ClN4O2S/c1-12-13(2)31-22-19(12)20(15-7-9-16(24)10-8-15)25-17(11-18(29)30-23(4,5)6)21-27-26-14(3)28(21)22;1-9-10(2)27-19-16(9)17(12-4-6-13(20)7-5-12)21-14(8-15(25)26)18-23-22-11(3)24(18)19/h7-10,17H,11H2,1-6H3;4-7,14H,8H2,1-3H3,(H,25,26)/t17-;14-/m00/s1. The predicted molar refractivity (Wildman–Crippen MR) is 229 cm³/mol. The number of thiophene rings is 2. The minimum atomic E-state index is -0.926. The smallest absolute Gasteiger partial charge is 0.308 e. The predicted octanol–water partition coefficient (Wildman–Crippen LogP) is 9.81. The van der Waals surface area contributed by atoms with Crippen molar-refractivity contribution in [3.05, 3.63) is 125 Å². The zero-order chi connectivity index (χ0) is 41.8. The van der Waals surface area contributed by atoms with Crippen molar-refractivity contribution in [1.29, 1.82) is 0 Å². The van der Waals surface area contributed by atoms with E-state index in [4.69, 9.17) is 37.9 Å². The number of nitrogens with zero attached hydrogens (tertiary/aromatic N) is 8. The molecule has 58 heavy (non-hydrogen) atoms. The van der Waals surface area contributed by atoms with Crippen molar-refractivity contribution in [2.75, 3.05) is 0 Å². The molecule has 0 saturated heterocycles. The summed E-state index contributed by atoms with van der Waals surface area (Å²) >= 11 is 15.5. The third-order valence-electron chi connectivity index (χ3n) is 9.86. The van der Waals surface area contributed by atoms with Gasteiger partial charge < -0.3 is 9.84 Å². The first-order valence-corrected chi connectivity index (χ1v) is 21.0. The largest absolute Gasteiger partial charge is 0.481 e. The molecule has 0 unspecified atom stereocenters. The summed E-state index contributed by atoms with van der Waals surface area (Å²) in [5.74, 6) is 1.44. The van der Waals surface area contributed by atoms with Crippen LogP contribution in [0.25, 0.3) is 10.0 Å². The molecule has 0 saturated carbocycles. The number of aryl methyl sites for hydroxylation is 4. The van der Waals surface area contributed by atoms with Gasteiger partial charge in [-0.3, -0.25) is 28.7 Å². The molecule has 2 aliphatic rings. The summed E-state index contributed by atoms with van der Waals surface area (Å²) in [5, 5.41) is 29.9. The molecule has 4 aromatic heterocycles. The summed E-state index contributed by atoms with van der Waals surface area (Å²) in [7, 11) is 0. The van der Waals surface area contributed by atoms with Gasteiger partial charge in [-0.15, -0.1) is 43.1 Å². The number of hydrogen-bond donors (Lipinski definition) is 1. The van der Waals surface area contributed by atoms with Crippen LogP contribution >= 0.6 is 45.9 Å². The third-order valence-corrected chi connectivity index (χ3v) is 12.8. The lowest BCUT2D eigenvalue weighted by molar-refractivity contribution is -0.155. The summed E-state index contributed by atoms with van der Waals surface area (Å²) < 4.78 is 9.55. The van der Waals surface area contributed by atoms with E-state index in [9.17, 15) is 14.7 Å². The number of carboxylic acids is 1. The summed E-state index contributed by atoms with van der Waals surface area (Å²) in [4.78, 5) is 36.5. The Labute approximate surface area is 354 Å². The van der Waals surface area contributed by atoms with Crippen molar-refractivity contribution in [2.45, 2.75) is 92.8 Å². The third kappa shape index (κ3) is 8.02. The highest BCUT2D eigenvalue weighted by atomic mass is 35.5. The van der Waals surface area contributed by atoms with Crippen LogP contribution in [-0.2, 0) is 14.3 Å². The number of esters is 1. The van der Waals surface area contributed by atoms with Crippen LogP contribution in [0.3, 0.4) is 0 Å². The van der Waals surface area contributed by atoms with E-state index in [0.717, 1.165) is 66.5 Å². The minimum absolute atomic E-state index is 0.0828. The van der Waals surface area contributed by atoms with Crippen LogP contribution < -0.4 is 0 Å². The number of aliphatic imine (C=N–C) groups is 2. The minimum Gasteiger partial charge on any atom is -0.481 e. The van der Waals surface area contributed by atoms with Gasteiger partial charge in [-0.2, -0.15) is 0 Å². The molecule has 300 valence electrons. The molecule has 0 amide bonds. The molecular formula is C42H42Cl2N8O4S2. The van der Waals surface area contributed by atoms with Crippen LogP contribution in [-0.4, -0.2) is 63.6 Å². The molecule has 8 rings (SSSR count). The molecule has 16 heteroatoms. The number of aromatic nitrogens is 6. The average molecular weight is 858 g/mol. The SMILES string of the molecule is Cc1sc2c(c1C)C(c1ccc(Cl)cc1)=N[C@@H](CC(=O)O)c1nnc(C)n1-2.Cc1sc2c(c1C)C(c1ccc(Cl)cc1)=N[C@@H](CC(=O)OC(C)(C)C)c1nnc(C)n1-2. The Balaban J connectivity index is 0.000000178. The second kappa shape index (κ2) is 16.0. The fraction of sp³-hybridized carbons (Fsp3) is 0.333. The van der Waals surface area contributed by atoms with Gasteiger partial charge in [0.05, 0.1) is 24.3 Å². The molecule has 2 aromatic carbocycles.